The number of rotatable bonds is 4. The summed E-state index contributed by atoms with van der Waals surface area (Å²) in [4.78, 5) is 0. The zero-order valence-corrected chi connectivity index (χ0v) is 11.2. The molecule has 1 rings (SSSR count). The summed E-state index contributed by atoms with van der Waals surface area (Å²) in [6.45, 7) is 7.56. The van der Waals surface area contributed by atoms with E-state index in [-0.39, 0.29) is 0 Å². The summed E-state index contributed by atoms with van der Waals surface area (Å²) in [6.07, 6.45) is 3.88. The van der Waals surface area contributed by atoms with Gasteiger partial charge in [0.15, 0.2) is 0 Å². The smallest absolute Gasteiger partial charge is 0.294 e. The van der Waals surface area contributed by atoms with E-state index in [1.165, 1.54) is 0 Å². The highest BCUT2D eigenvalue weighted by molar-refractivity contribution is 7.67. The molecule has 5 heteroatoms. The zero-order valence-electron chi connectivity index (χ0n) is 10.3. The fourth-order valence-corrected chi connectivity index (χ4v) is 4.69. The highest BCUT2D eigenvalue weighted by Crippen LogP contribution is 2.42. The fraction of sp³-hybridized carbons (Fsp3) is 0.700. The molecule has 4 nitrogen and oxygen atoms in total. The summed E-state index contributed by atoms with van der Waals surface area (Å²) < 4.78 is 18.7. The van der Waals surface area contributed by atoms with Gasteiger partial charge in [0, 0.05) is 19.8 Å². The molecule has 0 amide bonds. The molecule has 0 aliphatic heterocycles. The lowest BCUT2D eigenvalue weighted by Crippen LogP contribution is -2.48. The molecule has 1 aromatic rings. The highest BCUT2D eigenvalue weighted by Gasteiger charge is 2.35. The molecule has 0 aliphatic carbocycles. The Morgan fingerprint density at radius 3 is 2.33 bits per heavy atom. The van der Waals surface area contributed by atoms with Crippen LogP contribution in [0.2, 0.25) is 0 Å². The summed E-state index contributed by atoms with van der Waals surface area (Å²) in [7, 11) is 1.46. The van der Waals surface area contributed by atoms with Crippen molar-refractivity contribution < 1.29 is 9.13 Å². The van der Waals surface area contributed by atoms with Gasteiger partial charge in [-0.25, -0.2) is 13.8 Å². The van der Waals surface area contributed by atoms with Crippen LogP contribution in [0.5, 0.6) is 0 Å². The van der Waals surface area contributed by atoms with Crippen LogP contribution >= 0.6 is 7.29 Å². The molecule has 1 atom stereocenters. The Hall–Kier alpha value is -0.600. The molecule has 0 fully saturated rings. The predicted molar refractivity (Wildman–Crippen MR) is 62.7 cm³/mol. The van der Waals surface area contributed by atoms with E-state index in [9.17, 15) is 4.57 Å². The van der Waals surface area contributed by atoms with E-state index in [0.717, 1.165) is 18.7 Å². The minimum atomic E-state index is -2.42. The van der Waals surface area contributed by atoms with E-state index in [0.29, 0.717) is 0 Å². The van der Waals surface area contributed by atoms with Crippen molar-refractivity contribution in [3.05, 3.63) is 12.4 Å². The van der Waals surface area contributed by atoms with Gasteiger partial charge in [-0.15, -0.1) is 0 Å². The molecular weight excluding hydrogens is 209 g/mol. The monoisotopic (exact) mass is 230 g/mol. The normalized spacial score (nSPS) is 15.6. The molecule has 0 saturated carbocycles. The standard InChI is InChI=1S/C10H21N3OP/c1-6-13(7-2)15(5,14)10-11(3)8-9-12(10)4/h8-9H,6-7H2,1-5H3/q+1/t15-/m1/s1. The van der Waals surface area contributed by atoms with Gasteiger partial charge in [0.05, 0.1) is 14.1 Å². The maximum absolute atomic E-state index is 12.8. The van der Waals surface area contributed by atoms with Crippen molar-refractivity contribution in [1.82, 2.24) is 9.24 Å². The van der Waals surface area contributed by atoms with Gasteiger partial charge in [-0.3, -0.25) is 4.57 Å². The summed E-state index contributed by atoms with van der Waals surface area (Å²) in [5, 5.41) is 0. The van der Waals surface area contributed by atoms with E-state index >= 15 is 0 Å². The van der Waals surface area contributed by atoms with Crippen molar-refractivity contribution in [3.63, 3.8) is 0 Å². The Kier molecular flexibility index (Phi) is 3.74. The van der Waals surface area contributed by atoms with Gasteiger partial charge in [0.25, 0.3) is 7.29 Å². The maximum atomic E-state index is 12.8. The van der Waals surface area contributed by atoms with Gasteiger partial charge >= 0.3 is 5.57 Å². The van der Waals surface area contributed by atoms with Gasteiger partial charge in [-0.2, -0.15) is 0 Å². The molecule has 1 aromatic heterocycles. The molecule has 0 unspecified atom stereocenters. The first-order valence-corrected chi connectivity index (χ1v) is 7.40. The second-order valence-electron chi connectivity index (χ2n) is 3.84. The van der Waals surface area contributed by atoms with Crippen LogP contribution in [0, 0.1) is 0 Å². The molecule has 0 bridgehead atoms. The number of hydrogen-bond acceptors (Lipinski definition) is 1. The van der Waals surface area contributed by atoms with Crippen molar-refractivity contribution in [1.29, 1.82) is 0 Å². The van der Waals surface area contributed by atoms with Gasteiger partial charge < -0.3 is 0 Å². The van der Waals surface area contributed by atoms with Crippen molar-refractivity contribution in [2.45, 2.75) is 13.8 Å². The third-order valence-electron chi connectivity index (χ3n) is 2.79. The third kappa shape index (κ3) is 2.16. The van der Waals surface area contributed by atoms with Crippen LogP contribution in [0.3, 0.4) is 0 Å². The second-order valence-corrected chi connectivity index (χ2v) is 6.56. The Labute approximate surface area is 91.9 Å². The van der Waals surface area contributed by atoms with E-state index in [1.807, 2.05) is 60.8 Å². The Bertz CT molecular complexity index is 363. The van der Waals surface area contributed by atoms with Gasteiger partial charge in [-0.1, -0.05) is 13.8 Å². The molecule has 0 saturated heterocycles. The summed E-state index contributed by atoms with van der Waals surface area (Å²) >= 11 is 0. The Morgan fingerprint density at radius 1 is 1.47 bits per heavy atom. The molecule has 86 valence electrons. The Balaban J connectivity index is 3.21. The first-order chi connectivity index (χ1) is 6.95. The third-order valence-corrected chi connectivity index (χ3v) is 5.80. The number of hydrogen-bond donors (Lipinski definition) is 0. The minimum absolute atomic E-state index is 0.815. The highest BCUT2D eigenvalue weighted by atomic mass is 31.2. The van der Waals surface area contributed by atoms with Crippen molar-refractivity contribution in [3.8, 4) is 0 Å². The van der Waals surface area contributed by atoms with Gasteiger partial charge in [0.1, 0.15) is 12.4 Å². The van der Waals surface area contributed by atoms with Crippen molar-refractivity contribution in [2.75, 3.05) is 19.8 Å². The molecule has 0 radical (unpaired) electrons. The first kappa shape index (κ1) is 12.5. The zero-order chi connectivity index (χ0) is 11.6. The van der Waals surface area contributed by atoms with E-state index in [4.69, 9.17) is 0 Å². The van der Waals surface area contributed by atoms with Crippen LogP contribution in [-0.2, 0) is 18.7 Å². The van der Waals surface area contributed by atoms with Gasteiger partial charge in [-0.05, 0) is 0 Å². The molecule has 1 heterocycles. The van der Waals surface area contributed by atoms with Gasteiger partial charge in [0.2, 0.25) is 0 Å². The second kappa shape index (κ2) is 4.50. The quantitative estimate of drug-likeness (QED) is 0.563. The summed E-state index contributed by atoms with van der Waals surface area (Å²) in [5.74, 6) is 0. The molecule has 0 aliphatic rings. The number of imidazole rings is 1. The van der Waals surface area contributed by atoms with Crippen LogP contribution in [0.4, 0.5) is 0 Å². The SMILES string of the molecule is CCN(CC)[P@](C)(=O)c1n(C)cc[n+]1C. The lowest BCUT2D eigenvalue weighted by Gasteiger charge is -2.23. The molecule has 0 N–H and O–H groups in total. The first-order valence-electron chi connectivity index (χ1n) is 5.29. The van der Waals surface area contributed by atoms with Crippen molar-refractivity contribution >= 4 is 12.9 Å². The van der Waals surface area contributed by atoms with E-state index < -0.39 is 7.29 Å². The lowest BCUT2D eigenvalue weighted by atomic mass is 10.7. The van der Waals surface area contributed by atoms with Crippen LogP contribution in [0.15, 0.2) is 12.4 Å². The minimum Gasteiger partial charge on any atom is -0.294 e. The largest absolute Gasteiger partial charge is 0.329 e. The predicted octanol–water partition coefficient (Wildman–Crippen LogP) is 0.725. The average molecular weight is 230 g/mol. The van der Waals surface area contributed by atoms with Crippen LogP contribution in [0.1, 0.15) is 13.8 Å². The van der Waals surface area contributed by atoms with Crippen LogP contribution in [0.25, 0.3) is 0 Å². The van der Waals surface area contributed by atoms with Crippen LogP contribution < -0.4 is 10.1 Å². The van der Waals surface area contributed by atoms with Crippen LogP contribution in [-0.4, -0.2) is 29.0 Å². The molecule has 15 heavy (non-hydrogen) atoms. The van der Waals surface area contributed by atoms with E-state index in [1.54, 1.807) is 0 Å². The average Bonchev–Trinajstić information content (AvgIpc) is 2.48. The van der Waals surface area contributed by atoms with Crippen molar-refractivity contribution in [2.24, 2.45) is 14.1 Å². The fourth-order valence-electron chi connectivity index (χ4n) is 2.06. The number of aryl methyl sites for hydroxylation is 2. The van der Waals surface area contributed by atoms with E-state index in [2.05, 4.69) is 0 Å². The molecule has 0 aromatic carbocycles. The molecule has 0 spiro atoms. The maximum Gasteiger partial charge on any atom is 0.329 e. The lowest BCUT2D eigenvalue weighted by molar-refractivity contribution is -0.652. The summed E-state index contributed by atoms with van der Waals surface area (Å²) in [6, 6.07) is 0. The number of aromatic nitrogens is 2. The topological polar surface area (TPSA) is 29.1 Å². The number of nitrogens with zero attached hydrogens (tertiary/aromatic N) is 3. The Morgan fingerprint density at radius 2 is 2.00 bits per heavy atom. The summed E-state index contributed by atoms with van der Waals surface area (Å²) in [5.41, 5.74) is 0.895. The molecular formula is C10H21N3OP+.